The summed E-state index contributed by atoms with van der Waals surface area (Å²) in [7, 11) is 0. The van der Waals surface area contributed by atoms with Crippen LogP contribution in [0.4, 0.5) is 4.39 Å². The van der Waals surface area contributed by atoms with Crippen LogP contribution in [0.25, 0.3) is 0 Å². The van der Waals surface area contributed by atoms with Crippen molar-refractivity contribution in [2.24, 2.45) is 0 Å². The second-order valence-electron chi connectivity index (χ2n) is 7.51. The Morgan fingerprint density at radius 1 is 1.03 bits per heavy atom. The Balaban J connectivity index is 2.12. The topological polar surface area (TPSA) is 49.4 Å². The van der Waals surface area contributed by atoms with Crippen LogP contribution in [0.5, 0.6) is 0 Å². The summed E-state index contributed by atoms with van der Waals surface area (Å²) in [4.78, 5) is 27.6. The standard InChI is InChI=1S/C24H30ClFN2O2S/c1-4-17(3)27-24(30)22(5-2)28(14-18-8-12-21(26)13-9-18)23(29)16-31-15-19-6-10-20(25)11-7-19/h6-13,17,22H,4-5,14-16H2,1-3H3,(H,27,30)/t17-,22+/m1/s1. The molecule has 0 aromatic heterocycles. The van der Waals surface area contributed by atoms with E-state index in [1.54, 1.807) is 17.0 Å². The molecule has 0 saturated heterocycles. The van der Waals surface area contributed by atoms with E-state index in [0.717, 1.165) is 17.5 Å². The van der Waals surface area contributed by atoms with Crippen molar-refractivity contribution in [1.82, 2.24) is 10.2 Å². The van der Waals surface area contributed by atoms with Gasteiger partial charge in [0.1, 0.15) is 11.9 Å². The lowest BCUT2D eigenvalue weighted by molar-refractivity contribution is -0.139. The molecule has 168 valence electrons. The molecule has 2 atom stereocenters. The van der Waals surface area contributed by atoms with Gasteiger partial charge >= 0.3 is 0 Å². The molecule has 0 radical (unpaired) electrons. The first-order valence-corrected chi connectivity index (χ1v) is 12.0. The van der Waals surface area contributed by atoms with Gasteiger partial charge in [-0.1, -0.05) is 49.7 Å². The molecule has 2 aromatic carbocycles. The van der Waals surface area contributed by atoms with Crippen molar-refractivity contribution < 1.29 is 14.0 Å². The van der Waals surface area contributed by atoms with Crippen LogP contribution in [0.2, 0.25) is 5.02 Å². The summed E-state index contributed by atoms with van der Waals surface area (Å²) >= 11 is 7.42. The van der Waals surface area contributed by atoms with E-state index in [0.29, 0.717) is 17.2 Å². The molecule has 0 spiro atoms. The summed E-state index contributed by atoms with van der Waals surface area (Å²) in [6.45, 7) is 6.10. The van der Waals surface area contributed by atoms with E-state index in [-0.39, 0.29) is 36.0 Å². The van der Waals surface area contributed by atoms with Crippen LogP contribution in [0.15, 0.2) is 48.5 Å². The largest absolute Gasteiger partial charge is 0.352 e. The first kappa shape index (κ1) is 25.2. The quantitative estimate of drug-likeness (QED) is 0.482. The number of thioether (sulfide) groups is 1. The molecule has 2 rings (SSSR count). The highest BCUT2D eigenvalue weighted by Gasteiger charge is 2.29. The zero-order chi connectivity index (χ0) is 22.8. The predicted molar refractivity (Wildman–Crippen MR) is 127 cm³/mol. The molecule has 7 heteroatoms. The molecule has 4 nitrogen and oxygen atoms in total. The molecule has 31 heavy (non-hydrogen) atoms. The van der Waals surface area contributed by atoms with E-state index >= 15 is 0 Å². The smallest absolute Gasteiger partial charge is 0.243 e. The van der Waals surface area contributed by atoms with Crippen molar-refractivity contribution in [3.63, 3.8) is 0 Å². The van der Waals surface area contributed by atoms with Gasteiger partial charge in [-0.05, 0) is 55.2 Å². The monoisotopic (exact) mass is 464 g/mol. The van der Waals surface area contributed by atoms with Crippen molar-refractivity contribution in [1.29, 1.82) is 0 Å². The second-order valence-corrected chi connectivity index (χ2v) is 8.93. The van der Waals surface area contributed by atoms with Gasteiger partial charge in [0, 0.05) is 23.4 Å². The Morgan fingerprint density at radius 2 is 1.65 bits per heavy atom. The predicted octanol–water partition coefficient (Wildman–Crippen LogP) is 5.43. The Morgan fingerprint density at radius 3 is 2.23 bits per heavy atom. The van der Waals surface area contributed by atoms with E-state index in [1.165, 1.54) is 23.9 Å². The van der Waals surface area contributed by atoms with E-state index in [1.807, 2.05) is 45.0 Å². The Bertz CT molecular complexity index is 846. The minimum absolute atomic E-state index is 0.0311. The van der Waals surface area contributed by atoms with Crippen molar-refractivity contribution in [2.75, 3.05) is 5.75 Å². The molecule has 0 bridgehead atoms. The van der Waals surface area contributed by atoms with Crippen molar-refractivity contribution in [2.45, 2.75) is 58.0 Å². The van der Waals surface area contributed by atoms with Gasteiger partial charge in [-0.3, -0.25) is 9.59 Å². The minimum Gasteiger partial charge on any atom is -0.352 e. The van der Waals surface area contributed by atoms with Crippen LogP contribution in [0, 0.1) is 5.82 Å². The van der Waals surface area contributed by atoms with Gasteiger partial charge in [0.2, 0.25) is 11.8 Å². The minimum atomic E-state index is -0.581. The molecule has 0 aliphatic rings. The maximum Gasteiger partial charge on any atom is 0.243 e. The maximum absolute atomic E-state index is 13.3. The van der Waals surface area contributed by atoms with Crippen LogP contribution in [0.1, 0.15) is 44.7 Å². The third-order valence-corrected chi connectivity index (χ3v) is 6.30. The summed E-state index contributed by atoms with van der Waals surface area (Å²) in [6, 6.07) is 13.0. The van der Waals surface area contributed by atoms with Crippen molar-refractivity contribution >= 4 is 35.2 Å². The molecular weight excluding hydrogens is 435 g/mol. The second kappa shape index (κ2) is 12.7. The molecule has 0 fully saturated rings. The number of hydrogen-bond acceptors (Lipinski definition) is 3. The zero-order valence-corrected chi connectivity index (χ0v) is 19.8. The lowest BCUT2D eigenvalue weighted by Crippen LogP contribution is -2.51. The first-order valence-electron chi connectivity index (χ1n) is 10.5. The highest BCUT2D eigenvalue weighted by Crippen LogP contribution is 2.19. The van der Waals surface area contributed by atoms with Gasteiger partial charge in [0.05, 0.1) is 5.75 Å². The Hall–Kier alpha value is -2.05. The summed E-state index contributed by atoms with van der Waals surface area (Å²) in [5.41, 5.74) is 1.86. The third kappa shape index (κ3) is 8.19. The molecule has 0 aliphatic carbocycles. The summed E-state index contributed by atoms with van der Waals surface area (Å²) in [5, 5.41) is 3.66. The average molecular weight is 465 g/mol. The van der Waals surface area contributed by atoms with Crippen LogP contribution in [-0.4, -0.2) is 34.6 Å². The highest BCUT2D eigenvalue weighted by molar-refractivity contribution is 7.99. The number of halogens is 2. The van der Waals surface area contributed by atoms with Crippen LogP contribution >= 0.6 is 23.4 Å². The van der Waals surface area contributed by atoms with Gasteiger partial charge < -0.3 is 10.2 Å². The molecule has 0 saturated carbocycles. The molecular formula is C24H30ClFN2O2S. The van der Waals surface area contributed by atoms with Gasteiger partial charge in [0.25, 0.3) is 0 Å². The Labute approximate surface area is 193 Å². The van der Waals surface area contributed by atoms with E-state index < -0.39 is 6.04 Å². The maximum atomic E-state index is 13.3. The fourth-order valence-electron chi connectivity index (χ4n) is 3.07. The van der Waals surface area contributed by atoms with Gasteiger partial charge in [-0.25, -0.2) is 4.39 Å². The molecule has 0 heterocycles. The molecule has 2 amide bonds. The van der Waals surface area contributed by atoms with Crippen LogP contribution in [-0.2, 0) is 21.9 Å². The lowest BCUT2D eigenvalue weighted by atomic mass is 10.1. The summed E-state index contributed by atoms with van der Waals surface area (Å²) in [5.74, 6) is 0.311. The first-order chi connectivity index (χ1) is 14.8. The number of carbonyl (C=O) groups excluding carboxylic acids is 2. The van der Waals surface area contributed by atoms with Crippen molar-refractivity contribution in [3.8, 4) is 0 Å². The highest BCUT2D eigenvalue weighted by atomic mass is 35.5. The van der Waals surface area contributed by atoms with Gasteiger partial charge in [-0.15, -0.1) is 11.8 Å². The number of nitrogens with zero attached hydrogens (tertiary/aromatic N) is 1. The van der Waals surface area contributed by atoms with Crippen molar-refractivity contribution in [3.05, 3.63) is 70.5 Å². The number of hydrogen-bond donors (Lipinski definition) is 1. The average Bonchev–Trinajstić information content (AvgIpc) is 2.76. The fraction of sp³-hybridized carbons (Fsp3) is 0.417. The third-order valence-electron chi connectivity index (χ3n) is 5.06. The summed E-state index contributed by atoms with van der Waals surface area (Å²) < 4.78 is 13.3. The SMILES string of the molecule is CC[C@@H](C)NC(=O)[C@H](CC)N(Cc1ccc(F)cc1)C(=O)CSCc1ccc(Cl)cc1. The lowest BCUT2D eigenvalue weighted by Gasteiger charge is -2.31. The van der Waals surface area contributed by atoms with Gasteiger partial charge in [0.15, 0.2) is 0 Å². The number of nitrogens with one attached hydrogen (secondary N) is 1. The van der Waals surface area contributed by atoms with Gasteiger partial charge in [-0.2, -0.15) is 0 Å². The number of amides is 2. The van der Waals surface area contributed by atoms with Crippen LogP contribution < -0.4 is 5.32 Å². The number of carbonyl (C=O) groups is 2. The number of benzene rings is 2. The molecule has 0 unspecified atom stereocenters. The number of rotatable bonds is 11. The van der Waals surface area contributed by atoms with Crippen LogP contribution in [0.3, 0.4) is 0 Å². The van der Waals surface area contributed by atoms with E-state index in [9.17, 15) is 14.0 Å². The zero-order valence-electron chi connectivity index (χ0n) is 18.2. The van der Waals surface area contributed by atoms with E-state index in [4.69, 9.17) is 11.6 Å². The summed E-state index contributed by atoms with van der Waals surface area (Å²) in [6.07, 6.45) is 1.31. The van der Waals surface area contributed by atoms with E-state index in [2.05, 4.69) is 5.32 Å². The Kier molecular flexibility index (Phi) is 10.3. The molecule has 1 N–H and O–H groups in total. The molecule has 2 aromatic rings. The molecule has 0 aliphatic heterocycles. The normalized spacial score (nSPS) is 12.8. The fourth-order valence-corrected chi connectivity index (χ4v) is 4.06.